The summed E-state index contributed by atoms with van der Waals surface area (Å²) in [5.41, 5.74) is 0. The Bertz CT molecular complexity index is 334. The Morgan fingerprint density at radius 1 is 1.00 bits per heavy atom. The Morgan fingerprint density at radius 2 is 1.60 bits per heavy atom. The van der Waals surface area contributed by atoms with Crippen molar-refractivity contribution in [2.24, 2.45) is 0 Å². The number of ether oxygens (including phenoxy) is 2. The number of hydrogen-bond acceptors (Lipinski definition) is 5. The molecule has 0 bridgehead atoms. The largest absolute Gasteiger partial charge is 0.394 e. The number of unbranched alkanes of at least 4 members (excludes halogenated alkanes) is 9. The van der Waals surface area contributed by atoms with Gasteiger partial charge in [0.1, 0.15) is 24.4 Å². The monoisotopic (exact) mass is 358 g/mol. The number of rotatable bonds is 15. The second-order valence-electron chi connectivity index (χ2n) is 6.99. The van der Waals surface area contributed by atoms with Crippen molar-refractivity contribution in [1.29, 1.82) is 0 Å². The molecule has 0 aromatic heterocycles. The second-order valence-corrected chi connectivity index (χ2v) is 6.99. The van der Waals surface area contributed by atoms with Gasteiger partial charge in [0.15, 0.2) is 0 Å². The highest BCUT2D eigenvalue weighted by Gasteiger charge is 2.40. The highest BCUT2D eigenvalue weighted by molar-refractivity contribution is 4.88. The molecule has 0 aromatic rings. The van der Waals surface area contributed by atoms with E-state index in [1.54, 1.807) is 0 Å². The molecule has 5 nitrogen and oxygen atoms in total. The van der Waals surface area contributed by atoms with E-state index in [0.29, 0.717) is 6.61 Å². The summed E-state index contributed by atoms with van der Waals surface area (Å²) < 4.78 is 10.9. The van der Waals surface area contributed by atoms with Gasteiger partial charge in [-0.05, 0) is 26.2 Å². The van der Waals surface area contributed by atoms with Crippen LogP contribution in [0.4, 0.5) is 0 Å². The molecule has 1 saturated heterocycles. The minimum atomic E-state index is -0.977. The molecule has 0 spiro atoms. The van der Waals surface area contributed by atoms with Gasteiger partial charge < -0.3 is 24.8 Å². The van der Waals surface area contributed by atoms with E-state index >= 15 is 0 Å². The Morgan fingerprint density at radius 3 is 2.12 bits per heavy atom. The molecule has 5 heteroatoms. The van der Waals surface area contributed by atoms with Gasteiger partial charge in [-0.15, -0.1) is 0 Å². The van der Waals surface area contributed by atoms with Crippen molar-refractivity contribution in [3.05, 3.63) is 12.2 Å². The summed E-state index contributed by atoms with van der Waals surface area (Å²) in [6.45, 7) is 2.52. The summed E-state index contributed by atoms with van der Waals surface area (Å²) >= 11 is 0. The van der Waals surface area contributed by atoms with Gasteiger partial charge in [0.2, 0.25) is 0 Å². The molecule has 0 aromatic carbocycles. The fraction of sp³-hybridized carbons (Fsp3) is 0.900. The molecule has 0 unspecified atom stereocenters. The number of allylic oxidation sites excluding steroid dienone is 2. The summed E-state index contributed by atoms with van der Waals surface area (Å²) in [6, 6.07) is 0. The summed E-state index contributed by atoms with van der Waals surface area (Å²) in [6.07, 6.45) is 13.7. The van der Waals surface area contributed by atoms with Gasteiger partial charge in [0, 0.05) is 6.61 Å². The average Bonchev–Trinajstić information content (AvgIpc) is 2.95. The maximum atomic E-state index is 9.79. The predicted molar refractivity (Wildman–Crippen MR) is 99.6 cm³/mol. The summed E-state index contributed by atoms with van der Waals surface area (Å²) in [7, 11) is 0. The molecule has 1 heterocycles. The molecule has 4 atom stereocenters. The third kappa shape index (κ3) is 9.71. The lowest BCUT2D eigenvalue weighted by atomic mass is 10.1. The van der Waals surface area contributed by atoms with Crippen molar-refractivity contribution in [2.75, 3.05) is 19.8 Å². The fourth-order valence-electron chi connectivity index (χ4n) is 3.21. The van der Waals surface area contributed by atoms with Crippen molar-refractivity contribution in [1.82, 2.24) is 0 Å². The first-order valence-corrected chi connectivity index (χ1v) is 10.0. The Labute approximate surface area is 153 Å². The zero-order valence-corrected chi connectivity index (χ0v) is 15.8. The van der Waals surface area contributed by atoms with E-state index in [2.05, 4.69) is 19.1 Å². The smallest absolute Gasteiger partial charge is 0.114 e. The molecule has 3 N–H and O–H groups in total. The van der Waals surface area contributed by atoms with Gasteiger partial charge in [-0.3, -0.25) is 0 Å². The standard InChI is InChI=1S/C20H38O5/c1-2-3-4-5-6-7-8-9-10-11-12-13-14-24-18(15-21)20-19(23)17(22)16-25-20/h2-3,17-23H,4-16H2,1H3/b3-2+/t17-,18+,19-,20-/m1/s1. The molecule has 1 rings (SSSR count). The fourth-order valence-corrected chi connectivity index (χ4v) is 3.21. The van der Waals surface area contributed by atoms with E-state index in [1.807, 2.05) is 0 Å². The molecular weight excluding hydrogens is 320 g/mol. The number of hydrogen-bond donors (Lipinski definition) is 3. The lowest BCUT2D eigenvalue weighted by Crippen LogP contribution is -2.42. The molecule has 0 aliphatic carbocycles. The first-order chi connectivity index (χ1) is 12.2. The minimum Gasteiger partial charge on any atom is -0.394 e. The summed E-state index contributed by atoms with van der Waals surface area (Å²) in [5.74, 6) is 0. The van der Waals surface area contributed by atoms with Crippen LogP contribution in [-0.4, -0.2) is 59.6 Å². The number of aliphatic hydroxyl groups excluding tert-OH is 3. The van der Waals surface area contributed by atoms with Gasteiger partial charge in [-0.1, -0.05) is 57.1 Å². The maximum absolute atomic E-state index is 9.79. The molecule has 0 radical (unpaired) electrons. The van der Waals surface area contributed by atoms with Crippen molar-refractivity contribution >= 4 is 0 Å². The lowest BCUT2D eigenvalue weighted by Gasteiger charge is -2.24. The minimum absolute atomic E-state index is 0.0982. The molecule has 25 heavy (non-hydrogen) atoms. The van der Waals surface area contributed by atoms with Crippen LogP contribution in [0.15, 0.2) is 12.2 Å². The van der Waals surface area contributed by atoms with Gasteiger partial charge in [-0.25, -0.2) is 0 Å². The number of aliphatic hydroxyl groups is 3. The Balaban J connectivity index is 1.91. The van der Waals surface area contributed by atoms with Crippen LogP contribution in [-0.2, 0) is 9.47 Å². The van der Waals surface area contributed by atoms with Crippen molar-refractivity contribution in [3.63, 3.8) is 0 Å². The van der Waals surface area contributed by atoms with Crippen molar-refractivity contribution < 1.29 is 24.8 Å². The van der Waals surface area contributed by atoms with Crippen LogP contribution in [0.5, 0.6) is 0 Å². The van der Waals surface area contributed by atoms with Crippen LogP contribution < -0.4 is 0 Å². The van der Waals surface area contributed by atoms with Crippen LogP contribution in [0, 0.1) is 0 Å². The van der Waals surface area contributed by atoms with Crippen LogP contribution in [0.2, 0.25) is 0 Å². The third-order valence-electron chi connectivity index (χ3n) is 4.82. The normalized spacial score (nSPS) is 25.0. The first-order valence-electron chi connectivity index (χ1n) is 10.0. The topological polar surface area (TPSA) is 79.2 Å². The van der Waals surface area contributed by atoms with Crippen LogP contribution in [0.1, 0.15) is 71.1 Å². The molecule has 1 aliphatic rings. The molecular formula is C20H38O5. The van der Waals surface area contributed by atoms with E-state index in [0.717, 1.165) is 12.8 Å². The first kappa shape index (κ1) is 22.6. The molecule has 148 valence electrons. The zero-order valence-electron chi connectivity index (χ0n) is 15.8. The van der Waals surface area contributed by atoms with Gasteiger partial charge >= 0.3 is 0 Å². The summed E-state index contributed by atoms with van der Waals surface area (Å²) in [4.78, 5) is 0. The SMILES string of the molecule is C/C=C/CCCCCCCCCCCO[C@@H](CO)[C@H]1OC[C@@H](O)[C@H]1O. The quantitative estimate of drug-likeness (QED) is 0.310. The highest BCUT2D eigenvalue weighted by atomic mass is 16.6. The van der Waals surface area contributed by atoms with Crippen molar-refractivity contribution in [3.8, 4) is 0 Å². The highest BCUT2D eigenvalue weighted by Crippen LogP contribution is 2.20. The lowest BCUT2D eigenvalue weighted by molar-refractivity contribution is -0.101. The van der Waals surface area contributed by atoms with E-state index < -0.39 is 24.4 Å². The van der Waals surface area contributed by atoms with Gasteiger partial charge in [-0.2, -0.15) is 0 Å². The van der Waals surface area contributed by atoms with Crippen LogP contribution >= 0.6 is 0 Å². The average molecular weight is 359 g/mol. The van der Waals surface area contributed by atoms with Crippen molar-refractivity contribution in [2.45, 2.75) is 95.5 Å². The predicted octanol–water partition coefficient (Wildman–Crippen LogP) is 2.96. The zero-order chi connectivity index (χ0) is 18.3. The van der Waals surface area contributed by atoms with E-state index in [-0.39, 0.29) is 13.2 Å². The maximum Gasteiger partial charge on any atom is 0.114 e. The summed E-state index contributed by atoms with van der Waals surface area (Å²) in [5, 5.41) is 28.7. The van der Waals surface area contributed by atoms with E-state index in [9.17, 15) is 15.3 Å². The molecule has 0 amide bonds. The Kier molecular flexibility index (Phi) is 13.3. The second kappa shape index (κ2) is 14.7. The molecule has 1 aliphatic heterocycles. The van der Waals surface area contributed by atoms with Crippen LogP contribution in [0.25, 0.3) is 0 Å². The third-order valence-corrected chi connectivity index (χ3v) is 4.82. The van der Waals surface area contributed by atoms with E-state index in [4.69, 9.17) is 9.47 Å². The molecule has 0 saturated carbocycles. The van der Waals surface area contributed by atoms with Gasteiger partial charge in [0.25, 0.3) is 0 Å². The van der Waals surface area contributed by atoms with Gasteiger partial charge in [0.05, 0.1) is 13.2 Å². The van der Waals surface area contributed by atoms with Crippen LogP contribution in [0.3, 0.4) is 0 Å². The Hall–Kier alpha value is -0.460. The molecule has 1 fully saturated rings. The van der Waals surface area contributed by atoms with E-state index in [1.165, 1.54) is 51.4 Å².